The summed E-state index contributed by atoms with van der Waals surface area (Å²) < 4.78 is 11.1. The number of amides is 1. The van der Waals surface area contributed by atoms with Crippen LogP contribution in [0.4, 0.5) is 5.69 Å². The Hall–Kier alpha value is -1.75. The van der Waals surface area contributed by atoms with Crippen molar-refractivity contribution >= 4 is 11.6 Å². The van der Waals surface area contributed by atoms with Crippen LogP contribution in [0.3, 0.4) is 0 Å². The lowest BCUT2D eigenvalue weighted by Gasteiger charge is -2.35. The minimum atomic E-state index is -0.427. The van der Waals surface area contributed by atoms with E-state index in [1.165, 1.54) is 0 Å². The SMILES string of the molecule is COC1CCN(C(=O)C2CNc3ccccc3O2)CC1. The Balaban J connectivity index is 1.62. The summed E-state index contributed by atoms with van der Waals surface area (Å²) in [5.41, 5.74) is 0.953. The van der Waals surface area contributed by atoms with Crippen LogP contribution < -0.4 is 10.1 Å². The van der Waals surface area contributed by atoms with Gasteiger partial charge in [-0.2, -0.15) is 0 Å². The fourth-order valence-corrected chi connectivity index (χ4v) is 2.77. The Labute approximate surface area is 118 Å². The fourth-order valence-electron chi connectivity index (χ4n) is 2.77. The van der Waals surface area contributed by atoms with Crippen LogP contribution in [0.5, 0.6) is 5.75 Å². The van der Waals surface area contributed by atoms with E-state index in [4.69, 9.17) is 9.47 Å². The number of likely N-dealkylation sites (tertiary alicyclic amines) is 1. The molecule has 0 bridgehead atoms. The average Bonchev–Trinajstić information content (AvgIpc) is 2.54. The molecule has 0 aromatic heterocycles. The van der Waals surface area contributed by atoms with E-state index >= 15 is 0 Å². The number of carbonyl (C=O) groups excluding carboxylic acids is 1. The maximum absolute atomic E-state index is 12.5. The molecule has 1 saturated heterocycles. The molecule has 5 nitrogen and oxygen atoms in total. The molecule has 0 aliphatic carbocycles. The lowest BCUT2D eigenvalue weighted by molar-refractivity contribution is -0.140. The van der Waals surface area contributed by atoms with Gasteiger partial charge in [0.05, 0.1) is 18.3 Å². The molecule has 3 rings (SSSR count). The molecule has 2 aliphatic rings. The molecule has 2 heterocycles. The smallest absolute Gasteiger partial charge is 0.265 e. The van der Waals surface area contributed by atoms with E-state index in [-0.39, 0.29) is 12.0 Å². The molecule has 1 N–H and O–H groups in total. The molecule has 0 saturated carbocycles. The highest BCUT2D eigenvalue weighted by atomic mass is 16.5. The van der Waals surface area contributed by atoms with Gasteiger partial charge < -0.3 is 19.7 Å². The second-order valence-electron chi connectivity index (χ2n) is 5.24. The van der Waals surface area contributed by atoms with Gasteiger partial charge in [-0.25, -0.2) is 0 Å². The van der Waals surface area contributed by atoms with Gasteiger partial charge in [0, 0.05) is 20.2 Å². The number of ether oxygens (including phenoxy) is 2. The van der Waals surface area contributed by atoms with Crippen molar-refractivity contribution in [1.82, 2.24) is 4.90 Å². The number of rotatable bonds is 2. The molecule has 108 valence electrons. The predicted molar refractivity (Wildman–Crippen MR) is 76.0 cm³/mol. The van der Waals surface area contributed by atoms with Crippen molar-refractivity contribution in [2.75, 3.05) is 32.1 Å². The summed E-state index contributed by atoms with van der Waals surface area (Å²) in [6.07, 6.45) is 1.66. The zero-order valence-electron chi connectivity index (χ0n) is 11.7. The second kappa shape index (κ2) is 5.71. The Morgan fingerprint density at radius 3 is 2.85 bits per heavy atom. The number of benzene rings is 1. The quantitative estimate of drug-likeness (QED) is 0.889. The summed E-state index contributed by atoms with van der Waals surface area (Å²) in [6, 6.07) is 7.71. The Morgan fingerprint density at radius 2 is 2.10 bits per heavy atom. The van der Waals surface area contributed by atoms with Crippen LogP contribution in [-0.2, 0) is 9.53 Å². The molecule has 5 heteroatoms. The van der Waals surface area contributed by atoms with E-state index < -0.39 is 6.10 Å². The number of methoxy groups -OCH3 is 1. The third-order valence-corrected chi connectivity index (χ3v) is 4.00. The van der Waals surface area contributed by atoms with Gasteiger partial charge in [0.1, 0.15) is 5.75 Å². The first-order valence-corrected chi connectivity index (χ1v) is 7.09. The highest BCUT2D eigenvalue weighted by molar-refractivity contribution is 5.83. The number of piperidine rings is 1. The lowest BCUT2D eigenvalue weighted by atomic mass is 10.1. The summed E-state index contributed by atoms with van der Waals surface area (Å²) >= 11 is 0. The number of hydrogen-bond donors (Lipinski definition) is 1. The van der Waals surface area contributed by atoms with Crippen LogP contribution >= 0.6 is 0 Å². The molecule has 1 atom stereocenters. The fraction of sp³-hybridized carbons (Fsp3) is 0.533. The number of nitrogens with one attached hydrogen (secondary N) is 1. The lowest BCUT2D eigenvalue weighted by Crippen LogP contribution is -2.50. The highest BCUT2D eigenvalue weighted by Gasteiger charge is 2.31. The maximum Gasteiger partial charge on any atom is 0.265 e. The monoisotopic (exact) mass is 276 g/mol. The summed E-state index contributed by atoms with van der Waals surface area (Å²) in [4.78, 5) is 14.4. The zero-order chi connectivity index (χ0) is 13.9. The summed E-state index contributed by atoms with van der Waals surface area (Å²) in [5.74, 6) is 0.824. The first kappa shape index (κ1) is 13.2. The van der Waals surface area contributed by atoms with Gasteiger partial charge in [-0.05, 0) is 25.0 Å². The normalized spacial score (nSPS) is 22.6. The number of anilines is 1. The van der Waals surface area contributed by atoms with Crippen molar-refractivity contribution in [3.8, 4) is 5.75 Å². The molecule has 0 spiro atoms. The van der Waals surface area contributed by atoms with E-state index in [1.54, 1.807) is 7.11 Å². The van der Waals surface area contributed by atoms with Gasteiger partial charge in [0.15, 0.2) is 6.10 Å². The number of nitrogens with zero attached hydrogens (tertiary/aromatic N) is 1. The zero-order valence-corrected chi connectivity index (χ0v) is 11.7. The minimum absolute atomic E-state index is 0.0709. The molecule has 1 unspecified atom stereocenters. The van der Waals surface area contributed by atoms with Gasteiger partial charge in [0.25, 0.3) is 5.91 Å². The Morgan fingerprint density at radius 1 is 1.35 bits per heavy atom. The van der Waals surface area contributed by atoms with E-state index in [1.807, 2.05) is 29.2 Å². The summed E-state index contributed by atoms with van der Waals surface area (Å²) in [5, 5.41) is 3.26. The van der Waals surface area contributed by atoms with Crippen LogP contribution in [0.1, 0.15) is 12.8 Å². The van der Waals surface area contributed by atoms with Crippen molar-refractivity contribution in [2.45, 2.75) is 25.0 Å². The van der Waals surface area contributed by atoms with Crippen molar-refractivity contribution in [3.05, 3.63) is 24.3 Å². The van der Waals surface area contributed by atoms with Crippen LogP contribution in [0.15, 0.2) is 24.3 Å². The van der Waals surface area contributed by atoms with Crippen molar-refractivity contribution in [3.63, 3.8) is 0 Å². The predicted octanol–water partition coefficient (Wildman–Crippen LogP) is 1.50. The van der Waals surface area contributed by atoms with Gasteiger partial charge in [-0.1, -0.05) is 12.1 Å². The van der Waals surface area contributed by atoms with Crippen LogP contribution in [-0.4, -0.2) is 49.8 Å². The van der Waals surface area contributed by atoms with Crippen molar-refractivity contribution < 1.29 is 14.3 Å². The molecule has 1 aromatic rings. The number of hydrogen-bond acceptors (Lipinski definition) is 4. The molecule has 1 fully saturated rings. The largest absolute Gasteiger partial charge is 0.477 e. The first-order valence-electron chi connectivity index (χ1n) is 7.09. The van der Waals surface area contributed by atoms with E-state index in [2.05, 4.69) is 5.32 Å². The molecule has 1 aromatic carbocycles. The number of carbonyl (C=O) groups is 1. The van der Waals surface area contributed by atoms with Gasteiger partial charge in [-0.3, -0.25) is 4.79 Å². The first-order chi connectivity index (χ1) is 9.78. The third-order valence-electron chi connectivity index (χ3n) is 4.00. The van der Waals surface area contributed by atoms with Gasteiger partial charge in [-0.15, -0.1) is 0 Å². The van der Waals surface area contributed by atoms with Crippen LogP contribution in [0.2, 0.25) is 0 Å². The third kappa shape index (κ3) is 2.58. The minimum Gasteiger partial charge on any atom is -0.477 e. The molecular formula is C15H20N2O3. The molecule has 0 radical (unpaired) electrons. The maximum atomic E-state index is 12.5. The summed E-state index contributed by atoms with van der Waals surface area (Å²) in [7, 11) is 1.73. The molecule has 20 heavy (non-hydrogen) atoms. The van der Waals surface area contributed by atoms with E-state index in [0.717, 1.165) is 37.4 Å². The van der Waals surface area contributed by atoms with Gasteiger partial charge in [0.2, 0.25) is 0 Å². The molecular weight excluding hydrogens is 256 g/mol. The van der Waals surface area contributed by atoms with Crippen molar-refractivity contribution in [2.24, 2.45) is 0 Å². The standard InChI is InChI=1S/C15H20N2O3/c1-19-11-6-8-17(9-7-11)15(18)14-10-16-12-4-2-3-5-13(12)20-14/h2-5,11,14,16H,6-10H2,1H3. The number of fused-ring (bicyclic) bond motifs is 1. The highest BCUT2D eigenvalue weighted by Crippen LogP contribution is 2.29. The summed E-state index contributed by atoms with van der Waals surface area (Å²) in [6.45, 7) is 2.03. The second-order valence-corrected chi connectivity index (χ2v) is 5.24. The van der Waals surface area contributed by atoms with Crippen LogP contribution in [0.25, 0.3) is 0 Å². The van der Waals surface area contributed by atoms with E-state index in [0.29, 0.717) is 6.54 Å². The average molecular weight is 276 g/mol. The van der Waals surface area contributed by atoms with E-state index in [9.17, 15) is 4.79 Å². The topological polar surface area (TPSA) is 50.8 Å². The molecule has 1 amide bonds. The number of para-hydroxylation sites is 2. The Kier molecular flexibility index (Phi) is 3.78. The van der Waals surface area contributed by atoms with Crippen LogP contribution in [0, 0.1) is 0 Å². The van der Waals surface area contributed by atoms with Crippen molar-refractivity contribution in [1.29, 1.82) is 0 Å². The molecule has 2 aliphatic heterocycles. The Bertz CT molecular complexity index is 484. The van der Waals surface area contributed by atoms with Gasteiger partial charge >= 0.3 is 0 Å².